The Morgan fingerprint density at radius 2 is 1.96 bits per heavy atom. The van der Waals surface area contributed by atoms with Crippen molar-refractivity contribution in [3.05, 3.63) is 65.9 Å². The van der Waals surface area contributed by atoms with Gasteiger partial charge in [0.05, 0.1) is 32.0 Å². The Balaban J connectivity index is 1.73. The Bertz CT molecular complexity index is 987. The van der Waals surface area contributed by atoms with Crippen molar-refractivity contribution in [3.8, 4) is 11.5 Å². The number of aromatic nitrogens is 1. The molecule has 3 aromatic rings. The molecule has 1 unspecified atom stereocenters. The van der Waals surface area contributed by atoms with Gasteiger partial charge in [-0.05, 0) is 23.8 Å². The monoisotopic (exact) mass is 380 g/mol. The number of para-hydroxylation sites is 2. The average Bonchev–Trinajstić information content (AvgIpc) is 3.07. The predicted molar refractivity (Wildman–Crippen MR) is 107 cm³/mol. The maximum atomic E-state index is 12.7. The Morgan fingerprint density at radius 1 is 1.11 bits per heavy atom. The lowest BCUT2D eigenvalue weighted by atomic mass is 10.1. The molecule has 5 nitrogen and oxygen atoms in total. The van der Waals surface area contributed by atoms with Crippen molar-refractivity contribution in [2.45, 2.75) is 11.9 Å². The van der Waals surface area contributed by atoms with Crippen LogP contribution in [0.25, 0.3) is 10.9 Å². The van der Waals surface area contributed by atoms with E-state index >= 15 is 0 Å². The number of thioether (sulfide) groups is 1. The van der Waals surface area contributed by atoms with Crippen LogP contribution in [0.1, 0.15) is 16.5 Å². The molecule has 1 aromatic heterocycles. The number of ether oxygens (including phenoxy) is 2. The number of nitrogens with zero attached hydrogens (tertiary/aromatic N) is 2. The molecule has 1 amide bonds. The second kappa shape index (κ2) is 7.48. The molecule has 0 radical (unpaired) electrons. The van der Waals surface area contributed by atoms with Gasteiger partial charge in [-0.2, -0.15) is 0 Å². The minimum Gasteiger partial charge on any atom is -0.493 e. The van der Waals surface area contributed by atoms with Gasteiger partial charge >= 0.3 is 0 Å². The number of amides is 1. The molecule has 6 heteroatoms. The van der Waals surface area contributed by atoms with E-state index in [1.54, 1.807) is 26.0 Å². The van der Waals surface area contributed by atoms with Crippen LogP contribution in [0.4, 0.5) is 0 Å². The highest BCUT2D eigenvalue weighted by Crippen LogP contribution is 2.43. The van der Waals surface area contributed by atoms with Crippen LogP contribution in [-0.4, -0.2) is 35.8 Å². The molecule has 0 aliphatic carbocycles. The Hall–Kier alpha value is -2.73. The van der Waals surface area contributed by atoms with Crippen molar-refractivity contribution in [3.63, 3.8) is 0 Å². The summed E-state index contributed by atoms with van der Waals surface area (Å²) >= 11 is 1.65. The largest absolute Gasteiger partial charge is 0.493 e. The summed E-state index contributed by atoms with van der Waals surface area (Å²) in [6.07, 6.45) is 1.81. The fourth-order valence-electron chi connectivity index (χ4n) is 3.48. The highest BCUT2D eigenvalue weighted by atomic mass is 32.2. The van der Waals surface area contributed by atoms with Crippen LogP contribution >= 0.6 is 11.8 Å². The number of pyridine rings is 1. The van der Waals surface area contributed by atoms with E-state index < -0.39 is 0 Å². The number of fused-ring (bicyclic) bond motifs is 1. The van der Waals surface area contributed by atoms with E-state index in [-0.39, 0.29) is 11.3 Å². The van der Waals surface area contributed by atoms with E-state index in [0.717, 1.165) is 22.0 Å². The van der Waals surface area contributed by atoms with E-state index in [1.165, 1.54) is 0 Å². The quantitative estimate of drug-likeness (QED) is 0.669. The standard InChI is InChI=1S/C21H20N2O3S/c1-25-18-9-5-6-14(20(18)26-2)12-23-19(24)13-27-21(23)16-10-11-22-17-8-4-3-7-15(16)17/h3-11,21H,12-13H2,1-2H3. The van der Waals surface area contributed by atoms with Crippen molar-refractivity contribution < 1.29 is 14.3 Å². The molecule has 0 bridgehead atoms. The van der Waals surface area contributed by atoms with Gasteiger partial charge in [-0.25, -0.2) is 0 Å². The van der Waals surface area contributed by atoms with Crippen LogP contribution in [0.15, 0.2) is 54.7 Å². The topological polar surface area (TPSA) is 51.7 Å². The molecule has 1 aliphatic rings. The SMILES string of the molecule is COc1cccc(CN2C(=O)CSC2c2ccnc3ccccc23)c1OC. The van der Waals surface area contributed by atoms with Gasteiger partial charge in [0.2, 0.25) is 5.91 Å². The third-order valence-electron chi connectivity index (χ3n) is 4.74. The van der Waals surface area contributed by atoms with E-state index in [4.69, 9.17) is 9.47 Å². The van der Waals surface area contributed by atoms with Crippen LogP contribution in [-0.2, 0) is 11.3 Å². The first-order valence-electron chi connectivity index (χ1n) is 8.67. The summed E-state index contributed by atoms with van der Waals surface area (Å²) in [4.78, 5) is 19.0. The van der Waals surface area contributed by atoms with Crippen LogP contribution in [0.2, 0.25) is 0 Å². The van der Waals surface area contributed by atoms with Gasteiger partial charge in [0.25, 0.3) is 0 Å². The second-order valence-electron chi connectivity index (χ2n) is 6.25. The van der Waals surface area contributed by atoms with Gasteiger partial charge in [-0.1, -0.05) is 30.3 Å². The summed E-state index contributed by atoms with van der Waals surface area (Å²) in [7, 11) is 3.24. The first kappa shape index (κ1) is 17.7. The molecular formula is C21H20N2O3S. The van der Waals surface area contributed by atoms with Gasteiger partial charge in [0, 0.05) is 17.1 Å². The molecule has 1 fully saturated rings. The van der Waals surface area contributed by atoms with Crippen LogP contribution < -0.4 is 9.47 Å². The molecular weight excluding hydrogens is 360 g/mol. The van der Waals surface area contributed by atoms with E-state index in [2.05, 4.69) is 11.1 Å². The van der Waals surface area contributed by atoms with Crippen LogP contribution in [0.5, 0.6) is 11.5 Å². The fraction of sp³-hybridized carbons (Fsp3) is 0.238. The number of benzene rings is 2. The molecule has 0 saturated carbocycles. The summed E-state index contributed by atoms with van der Waals surface area (Å²) in [6.45, 7) is 0.466. The molecule has 0 spiro atoms. The first-order valence-corrected chi connectivity index (χ1v) is 9.72. The highest BCUT2D eigenvalue weighted by Gasteiger charge is 2.34. The Labute approximate surface area is 162 Å². The van der Waals surface area contributed by atoms with Crippen molar-refractivity contribution in [1.29, 1.82) is 0 Å². The molecule has 4 rings (SSSR count). The molecule has 2 heterocycles. The lowest BCUT2D eigenvalue weighted by Gasteiger charge is -2.26. The first-order chi connectivity index (χ1) is 13.2. The van der Waals surface area contributed by atoms with Crippen LogP contribution in [0.3, 0.4) is 0 Å². The minimum atomic E-state index is -0.0543. The maximum Gasteiger partial charge on any atom is 0.234 e. The molecule has 1 saturated heterocycles. The number of hydrogen-bond donors (Lipinski definition) is 0. The van der Waals surface area contributed by atoms with Crippen molar-refractivity contribution in [2.24, 2.45) is 0 Å². The van der Waals surface area contributed by atoms with Crippen LogP contribution in [0, 0.1) is 0 Å². The number of methoxy groups -OCH3 is 2. The smallest absolute Gasteiger partial charge is 0.234 e. The van der Waals surface area contributed by atoms with Gasteiger partial charge in [0.1, 0.15) is 5.37 Å². The molecule has 138 valence electrons. The molecule has 1 atom stereocenters. The average molecular weight is 380 g/mol. The summed E-state index contributed by atoms with van der Waals surface area (Å²) in [6, 6.07) is 15.8. The summed E-state index contributed by atoms with van der Waals surface area (Å²) in [5.41, 5.74) is 2.98. The van der Waals surface area contributed by atoms with Crippen molar-refractivity contribution in [1.82, 2.24) is 9.88 Å². The maximum absolute atomic E-state index is 12.7. The Kier molecular flexibility index (Phi) is 4.90. The number of carbonyl (C=O) groups is 1. The van der Waals surface area contributed by atoms with Gasteiger partial charge in [-0.3, -0.25) is 9.78 Å². The molecule has 1 aliphatic heterocycles. The van der Waals surface area contributed by atoms with Crippen molar-refractivity contribution in [2.75, 3.05) is 20.0 Å². The number of carbonyl (C=O) groups excluding carboxylic acids is 1. The lowest BCUT2D eigenvalue weighted by Crippen LogP contribution is -2.28. The fourth-order valence-corrected chi connectivity index (χ4v) is 4.70. The summed E-state index contributed by atoms with van der Waals surface area (Å²) < 4.78 is 10.9. The zero-order chi connectivity index (χ0) is 18.8. The zero-order valence-electron chi connectivity index (χ0n) is 15.2. The zero-order valence-corrected chi connectivity index (χ0v) is 16.0. The lowest BCUT2D eigenvalue weighted by molar-refractivity contribution is -0.128. The third-order valence-corrected chi connectivity index (χ3v) is 5.98. The molecule has 27 heavy (non-hydrogen) atoms. The second-order valence-corrected chi connectivity index (χ2v) is 7.32. The number of hydrogen-bond acceptors (Lipinski definition) is 5. The number of rotatable bonds is 5. The van der Waals surface area contributed by atoms with Gasteiger partial charge in [-0.15, -0.1) is 11.8 Å². The van der Waals surface area contributed by atoms with Crippen molar-refractivity contribution >= 4 is 28.6 Å². The molecule has 0 N–H and O–H groups in total. The predicted octanol–water partition coefficient (Wildman–Crippen LogP) is 4.03. The minimum absolute atomic E-state index is 0.0543. The van der Waals surface area contributed by atoms with E-state index in [9.17, 15) is 4.79 Å². The summed E-state index contributed by atoms with van der Waals surface area (Å²) in [5.74, 6) is 1.92. The summed E-state index contributed by atoms with van der Waals surface area (Å²) in [5, 5.41) is 1.02. The van der Waals surface area contributed by atoms with E-state index in [1.807, 2.05) is 53.6 Å². The highest BCUT2D eigenvalue weighted by molar-refractivity contribution is 8.00. The normalized spacial score (nSPS) is 16.7. The van der Waals surface area contributed by atoms with Gasteiger partial charge in [0.15, 0.2) is 11.5 Å². The molecule has 2 aromatic carbocycles. The third kappa shape index (κ3) is 3.21. The van der Waals surface area contributed by atoms with Gasteiger partial charge < -0.3 is 14.4 Å². The Morgan fingerprint density at radius 3 is 2.78 bits per heavy atom. The van der Waals surface area contributed by atoms with E-state index in [0.29, 0.717) is 23.8 Å².